The fourth-order valence-corrected chi connectivity index (χ4v) is 3.85. The Morgan fingerprint density at radius 1 is 0.879 bits per heavy atom. The van der Waals surface area contributed by atoms with Crippen molar-refractivity contribution in [1.29, 1.82) is 0 Å². The van der Waals surface area contributed by atoms with Gasteiger partial charge in [0.15, 0.2) is 0 Å². The van der Waals surface area contributed by atoms with Gasteiger partial charge < -0.3 is 10.2 Å². The van der Waals surface area contributed by atoms with Crippen molar-refractivity contribution in [3.05, 3.63) is 99.7 Å². The molecule has 8 heteroatoms. The third kappa shape index (κ3) is 4.23. The predicted octanol–water partition coefficient (Wildman–Crippen LogP) is 5.36. The molecule has 0 atom stereocenters. The molecular weight excluding hydrogens is 461 g/mol. The van der Waals surface area contributed by atoms with Gasteiger partial charge in [-0.1, -0.05) is 47.5 Å². The zero-order chi connectivity index (χ0) is 23.7. The molecule has 1 heterocycles. The molecule has 6 nitrogen and oxygen atoms in total. The smallest absolute Gasteiger partial charge is 0.283 e. The van der Waals surface area contributed by atoms with Gasteiger partial charge in [-0.25, -0.2) is 4.90 Å². The third-order valence-electron chi connectivity index (χ3n) is 5.36. The molecule has 1 aliphatic heterocycles. The number of rotatable bonds is 5. The summed E-state index contributed by atoms with van der Waals surface area (Å²) in [5, 5.41) is 3.13. The van der Waals surface area contributed by atoms with E-state index in [-0.39, 0.29) is 16.6 Å². The number of benzene rings is 3. The lowest BCUT2D eigenvalue weighted by Crippen LogP contribution is -2.32. The summed E-state index contributed by atoms with van der Waals surface area (Å²) in [7, 11) is 1.70. The van der Waals surface area contributed by atoms with E-state index >= 15 is 0 Å². The van der Waals surface area contributed by atoms with Crippen LogP contribution >= 0.6 is 23.2 Å². The quantitative estimate of drug-likeness (QED) is 0.500. The Morgan fingerprint density at radius 2 is 1.55 bits per heavy atom. The first kappa shape index (κ1) is 22.6. The monoisotopic (exact) mass is 479 g/mol. The van der Waals surface area contributed by atoms with Gasteiger partial charge in [0.25, 0.3) is 17.7 Å². The molecule has 0 aliphatic carbocycles. The summed E-state index contributed by atoms with van der Waals surface area (Å²) in [6, 6.07) is 20.8. The molecule has 4 rings (SSSR count). The van der Waals surface area contributed by atoms with E-state index in [4.69, 9.17) is 23.2 Å². The first-order valence-electron chi connectivity index (χ1n) is 10.0. The number of hydrogen-bond donors (Lipinski definition) is 1. The second-order valence-electron chi connectivity index (χ2n) is 7.42. The molecule has 0 bridgehead atoms. The zero-order valence-corrected chi connectivity index (χ0v) is 19.3. The molecule has 0 saturated carbocycles. The van der Waals surface area contributed by atoms with Gasteiger partial charge in [-0.3, -0.25) is 14.4 Å². The van der Waals surface area contributed by atoms with Gasteiger partial charge in [-0.15, -0.1) is 0 Å². The fourth-order valence-electron chi connectivity index (χ4n) is 3.47. The van der Waals surface area contributed by atoms with Gasteiger partial charge in [-0.05, 0) is 61.0 Å². The lowest BCUT2D eigenvalue weighted by molar-refractivity contribution is -0.120. The van der Waals surface area contributed by atoms with Gasteiger partial charge in [0, 0.05) is 29.0 Å². The molecule has 3 aromatic rings. The molecule has 1 aliphatic rings. The van der Waals surface area contributed by atoms with Crippen molar-refractivity contribution in [2.24, 2.45) is 0 Å². The maximum absolute atomic E-state index is 13.0. The lowest BCUT2D eigenvalue weighted by Gasteiger charge is -2.18. The summed E-state index contributed by atoms with van der Waals surface area (Å²) in [5.74, 6) is -1.40. The number of carbonyl (C=O) groups is 3. The number of carbonyl (C=O) groups excluding carboxylic acids is 3. The van der Waals surface area contributed by atoms with E-state index in [0.29, 0.717) is 27.5 Å². The van der Waals surface area contributed by atoms with Crippen LogP contribution in [-0.4, -0.2) is 24.8 Å². The molecule has 0 unspecified atom stereocenters. The maximum Gasteiger partial charge on any atom is 0.283 e. The molecule has 0 fully saturated rings. The summed E-state index contributed by atoms with van der Waals surface area (Å²) in [6.07, 6.45) is 0. The van der Waals surface area contributed by atoms with E-state index in [1.807, 2.05) is 30.3 Å². The van der Waals surface area contributed by atoms with Crippen LogP contribution < -0.4 is 15.1 Å². The van der Waals surface area contributed by atoms with Crippen molar-refractivity contribution in [3.63, 3.8) is 0 Å². The van der Waals surface area contributed by atoms with E-state index in [0.717, 1.165) is 10.6 Å². The number of amides is 3. The highest BCUT2D eigenvalue weighted by Gasteiger charge is 2.39. The lowest BCUT2D eigenvalue weighted by atomic mass is 10.1. The summed E-state index contributed by atoms with van der Waals surface area (Å²) < 4.78 is 0. The van der Waals surface area contributed by atoms with Gasteiger partial charge in [0.1, 0.15) is 10.7 Å². The van der Waals surface area contributed by atoms with Gasteiger partial charge in [0.05, 0.1) is 5.69 Å². The number of hydrogen-bond acceptors (Lipinski definition) is 4. The van der Waals surface area contributed by atoms with Crippen molar-refractivity contribution in [1.82, 2.24) is 0 Å². The van der Waals surface area contributed by atoms with Crippen LogP contribution in [-0.2, 0) is 9.59 Å². The Bertz CT molecular complexity index is 1290. The topological polar surface area (TPSA) is 69.7 Å². The average molecular weight is 480 g/mol. The van der Waals surface area contributed by atoms with E-state index < -0.39 is 11.8 Å². The van der Waals surface area contributed by atoms with Gasteiger partial charge in [-0.2, -0.15) is 0 Å². The highest BCUT2D eigenvalue weighted by Crippen LogP contribution is 2.34. The first-order valence-corrected chi connectivity index (χ1v) is 10.8. The van der Waals surface area contributed by atoms with E-state index in [1.54, 1.807) is 61.3 Å². The minimum Gasteiger partial charge on any atom is -0.350 e. The number of anilines is 3. The number of nitrogens with zero attached hydrogens (tertiary/aromatic N) is 2. The minimum atomic E-state index is -0.634. The normalized spacial score (nSPS) is 13.5. The summed E-state index contributed by atoms with van der Waals surface area (Å²) in [6.45, 7) is 1.72. The molecule has 166 valence electrons. The Morgan fingerprint density at radius 3 is 2.21 bits per heavy atom. The number of imide groups is 1. The Balaban J connectivity index is 1.53. The van der Waals surface area contributed by atoms with Crippen molar-refractivity contribution < 1.29 is 14.4 Å². The molecule has 3 amide bonds. The largest absolute Gasteiger partial charge is 0.350 e. The molecule has 0 spiro atoms. The Labute approximate surface area is 201 Å². The molecule has 0 radical (unpaired) electrons. The summed E-state index contributed by atoms with van der Waals surface area (Å²) in [4.78, 5) is 41.0. The van der Waals surface area contributed by atoms with Crippen molar-refractivity contribution in [2.45, 2.75) is 6.92 Å². The van der Waals surface area contributed by atoms with Gasteiger partial charge >= 0.3 is 0 Å². The van der Waals surface area contributed by atoms with Crippen LogP contribution in [0.5, 0.6) is 0 Å². The zero-order valence-electron chi connectivity index (χ0n) is 17.8. The second kappa shape index (κ2) is 9.10. The minimum absolute atomic E-state index is 0.0403. The van der Waals surface area contributed by atoms with Gasteiger partial charge in [0.2, 0.25) is 0 Å². The molecule has 3 aromatic carbocycles. The molecule has 1 N–H and O–H groups in total. The summed E-state index contributed by atoms with van der Waals surface area (Å²) in [5.41, 5.74) is 2.67. The van der Waals surface area contributed by atoms with Crippen LogP contribution in [0.2, 0.25) is 5.02 Å². The third-order valence-corrected chi connectivity index (χ3v) is 6.12. The van der Waals surface area contributed by atoms with E-state index in [9.17, 15) is 14.4 Å². The Hall–Kier alpha value is -3.61. The molecule has 0 aromatic heterocycles. The van der Waals surface area contributed by atoms with Crippen LogP contribution in [0.4, 0.5) is 17.1 Å². The highest BCUT2D eigenvalue weighted by molar-refractivity contribution is 6.53. The average Bonchev–Trinajstić information content (AvgIpc) is 3.04. The number of para-hydroxylation sites is 1. The number of halogens is 2. The first-order chi connectivity index (χ1) is 15.8. The van der Waals surface area contributed by atoms with Crippen LogP contribution in [0.1, 0.15) is 15.9 Å². The highest BCUT2D eigenvalue weighted by atomic mass is 35.5. The fraction of sp³-hybridized carbons (Fsp3) is 0.0800. The molecule has 33 heavy (non-hydrogen) atoms. The predicted molar refractivity (Wildman–Crippen MR) is 131 cm³/mol. The van der Waals surface area contributed by atoms with Crippen LogP contribution in [0.25, 0.3) is 0 Å². The number of nitrogens with one attached hydrogen (secondary N) is 1. The van der Waals surface area contributed by atoms with Crippen molar-refractivity contribution in [3.8, 4) is 0 Å². The Kier molecular flexibility index (Phi) is 6.22. The van der Waals surface area contributed by atoms with Crippen molar-refractivity contribution in [2.75, 3.05) is 22.2 Å². The maximum atomic E-state index is 13.0. The second-order valence-corrected chi connectivity index (χ2v) is 8.21. The summed E-state index contributed by atoms with van der Waals surface area (Å²) >= 11 is 12.4. The molecular formula is C25H19Cl2N3O3. The van der Waals surface area contributed by atoms with Crippen molar-refractivity contribution >= 4 is 58.0 Å². The van der Waals surface area contributed by atoms with E-state index in [2.05, 4.69) is 5.32 Å². The van der Waals surface area contributed by atoms with Crippen LogP contribution in [0.15, 0.2) is 83.5 Å². The van der Waals surface area contributed by atoms with Crippen LogP contribution in [0.3, 0.4) is 0 Å². The van der Waals surface area contributed by atoms with E-state index in [1.165, 1.54) is 0 Å². The molecule has 0 saturated heterocycles. The SMILES string of the molecule is Cc1c(Cl)cccc1N1C(=O)C(Cl)=C(Nc2ccc(C(=O)N(C)c3ccccc3)cc2)C1=O. The standard InChI is InChI=1S/C25H19Cl2N3O3/c1-15-19(26)9-6-10-20(15)30-24(32)21(27)22(25(30)33)28-17-13-11-16(12-14-17)23(31)29(2)18-7-4-3-5-8-18/h3-14,28H,1-2H3. The van der Waals surface area contributed by atoms with Crippen LogP contribution in [0, 0.1) is 6.92 Å².